The molecule has 1 unspecified atom stereocenters. The van der Waals surface area contributed by atoms with Crippen molar-refractivity contribution in [3.05, 3.63) is 88.9 Å². The van der Waals surface area contributed by atoms with Crippen LogP contribution >= 0.6 is 11.6 Å². The zero-order valence-electron chi connectivity index (χ0n) is 20.1. The molecule has 2 aliphatic rings. The van der Waals surface area contributed by atoms with Gasteiger partial charge in [0.25, 0.3) is 5.91 Å². The molecule has 0 spiro atoms. The van der Waals surface area contributed by atoms with Gasteiger partial charge in [0.15, 0.2) is 0 Å². The number of nitrogens with zero attached hydrogens (tertiary/aromatic N) is 2. The average Bonchev–Trinajstić information content (AvgIpc) is 3.14. The van der Waals surface area contributed by atoms with Crippen molar-refractivity contribution in [2.75, 3.05) is 6.54 Å². The van der Waals surface area contributed by atoms with Crippen LogP contribution in [-0.4, -0.2) is 59.9 Å². The van der Waals surface area contributed by atoms with Crippen molar-refractivity contribution in [1.29, 1.82) is 0 Å². The first kappa shape index (κ1) is 25.9. The van der Waals surface area contributed by atoms with Gasteiger partial charge in [0, 0.05) is 24.5 Å². The second kappa shape index (κ2) is 10.2. The maximum atomic E-state index is 13.0. The predicted octanol–water partition coefficient (Wildman–Crippen LogP) is 3.52. The van der Waals surface area contributed by atoms with Gasteiger partial charge < -0.3 is 10.0 Å². The number of fused-ring (bicyclic) bond motifs is 2. The zero-order chi connectivity index (χ0) is 27.0. The summed E-state index contributed by atoms with van der Waals surface area (Å²) in [4.78, 5) is 40.2. The molecule has 2 atom stereocenters. The standard InChI is InChI=1S/C27H24ClN3O6S/c28-21-9-5-17(6-10-21)18-7-11-22(12-8-18)38(36,37)29-23(26(33)34)13-14-30-25(32)24-15-19-3-1-2-4-20(19)16-31(24)27(30)35/h1-12,23-24,29H,13-16H2,(H,33,34)/t23-,24?/m1/s1. The fourth-order valence-electron chi connectivity index (χ4n) is 4.79. The SMILES string of the molecule is O=C(O)[C@@H](CCN1C(=O)C2Cc3ccccc3CN2C1=O)NS(=O)(=O)c1ccc(-c2ccc(Cl)cc2)cc1. The lowest BCUT2D eigenvalue weighted by Crippen LogP contribution is -2.44. The third kappa shape index (κ3) is 5.02. The Morgan fingerprint density at radius 2 is 1.58 bits per heavy atom. The molecule has 0 bridgehead atoms. The van der Waals surface area contributed by atoms with Crippen molar-refractivity contribution in [3.63, 3.8) is 0 Å². The summed E-state index contributed by atoms with van der Waals surface area (Å²) in [7, 11) is -4.19. The Bertz CT molecular complexity index is 1470. The second-order valence-electron chi connectivity index (χ2n) is 9.22. The van der Waals surface area contributed by atoms with Crippen LogP contribution in [0, 0.1) is 0 Å². The number of hydrogen-bond donors (Lipinski definition) is 2. The lowest BCUT2D eigenvalue weighted by Gasteiger charge is -2.28. The first-order valence-electron chi connectivity index (χ1n) is 11.9. The number of aliphatic carboxylic acids is 1. The number of carboxylic acids is 1. The maximum Gasteiger partial charge on any atom is 0.327 e. The molecule has 2 aliphatic heterocycles. The Morgan fingerprint density at radius 1 is 0.974 bits per heavy atom. The monoisotopic (exact) mass is 553 g/mol. The Morgan fingerprint density at radius 3 is 2.21 bits per heavy atom. The highest BCUT2D eigenvalue weighted by Crippen LogP contribution is 2.30. The quantitative estimate of drug-likeness (QED) is 0.411. The molecule has 0 radical (unpaired) electrons. The highest BCUT2D eigenvalue weighted by atomic mass is 35.5. The molecule has 38 heavy (non-hydrogen) atoms. The largest absolute Gasteiger partial charge is 0.480 e. The van der Waals surface area contributed by atoms with Gasteiger partial charge in [0.2, 0.25) is 10.0 Å². The third-order valence-electron chi connectivity index (χ3n) is 6.86. The number of carboxylic acid groups (broad SMARTS) is 1. The Hall–Kier alpha value is -3.73. The maximum absolute atomic E-state index is 13.0. The number of amides is 3. The van der Waals surface area contributed by atoms with Gasteiger partial charge in [-0.2, -0.15) is 4.72 Å². The summed E-state index contributed by atoms with van der Waals surface area (Å²) >= 11 is 5.91. The first-order chi connectivity index (χ1) is 18.1. The summed E-state index contributed by atoms with van der Waals surface area (Å²) in [6.45, 7) is 0.0684. The van der Waals surface area contributed by atoms with Crippen molar-refractivity contribution in [1.82, 2.24) is 14.5 Å². The number of urea groups is 1. The van der Waals surface area contributed by atoms with E-state index < -0.39 is 40.0 Å². The zero-order valence-corrected chi connectivity index (χ0v) is 21.7. The molecule has 3 amide bonds. The molecule has 2 N–H and O–H groups in total. The molecule has 3 aromatic carbocycles. The van der Waals surface area contributed by atoms with Crippen LogP contribution in [0.15, 0.2) is 77.7 Å². The Labute approximate surface area is 224 Å². The molecule has 0 saturated carbocycles. The van der Waals surface area contributed by atoms with Gasteiger partial charge in [-0.25, -0.2) is 13.2 Å². The van der Waals surface area contributed by atoms with Crippen LogP contribution in [-0.2, 0) is 32.6 Å². The van der Waals surface area contributed by atoms with Gasteiger partial charge in [-0.1, -0.05) is 60.1 Å². The number of halogens is 1. The lowest BCUT2D eigenvalue weighted by molar-refractivity contribution is -0.139. The van der Waals surface area contributed by atoms with E-state index in [1.54, 1.807) is 36.4 Å². The molecule has 1 saturated heterocycles. The van der Waals surface area contributed by atoms with E-state index in [1.807, 2.05) is 24.3 Å². The predicted molar refractivity (Wildman–Crippen MR) is 140 cm³/mol. The molecule has 1 fully saturated rings. The third-order valence-corrected chi connectivity index (χ3v) is 8.59. The minimum absolute atomic E-state index is 0.107. The van der Waals surface area contributed by atoms with Crippen molar-refractivity contribution < 1.29 is 27.9 Å². The smallest absolute Gasteiger partial charge is 0.327 e. The van der Waals surface area contributed by atoms with Gasteiger partial charge >= 0.3 is 12.0 Å². The van der Waals surface area contributed by atoms with E-state index in [2.05, 4.69) is 4.72 Å². The van der Waals surface area contributed by atoms with Crippen molar-refractivity contribution in [3.8, 4) is 11.1 Å². The van der Waals surface area contributed by atoms with E-state index >= 15 is 0 Å². The van der Waals surface area contributed by atoms with E-state index in [0.29, 0.717) is 18.0 Å². The molecule has 9 nitrogen and oxygen atoms in total. The molecule has 5 rings (SSSR count). The van der Waals surface area contributed by atoms with Crippen LogP contribution in [0.3, 0.4) is 0 Å². The summed E-state index contributed by atoms with van der Waals surface area (Å²) in [5, 5.41) is 10.3. The highest BCUT2D eigenvalue weighted by Gasteiger charge is 2.47. The lowest BCUT2D eigenvalue weighted by atomic mass is 9.95. The highest BCUT2D eigenvalue weighted by molar-refractivity contribution is 7.89. The summed E-state index contributed by atoms with van der Waals surface area (Å²) in [6, 6.07) is 17.9. The molecule has 0 aliphatic carbocycles. The van der Waals surface area contributed by atoms with Gasteiger partial charge in [0.05, 0.1) is 4.90 Å². The van der Waals surface area contributed by atoms with Gasteiger partial charge in [0.1, 0.15) is 12.1 Å². The molecular formula is C27H24ClN3O6S. The number of carbonyl (C=O) groups excluding carboxylic acids is 2. The van der Waals surface area contributed by atoms with Crippen molar-refractivity contribution in [2.24, 2.45) is 0 Å². The van der Waals surface area contributed by atoms with Gasteiger partial charge in [-0.3, -0.25) is 14.5 Å². The first-order valence-corrected chi connectivity index (χ1v) is 13.8. The summed E-state index contributed by atoms with van der Waals surface area (Å²) in [5.41, 5.74) is 3.56. The van der Waals surface area contributed by atoms with Crippen LogP contribution < -0.4 is 4.72 Å². The number of benzene rings is 3. The van der Waals surface area contributed by atoms with Gasteiger partial charge in [-0.15, -0.1) is 0 Å². The van der Waals surface area contributed by atoms with Crippen molar-refractivity contribution >= 4 is 39.5 Å². The molecule has 11 heteroatoms. The van der Waals surface area contributed by atoms with E-state index in [1.165, 1.54) is 17.0 Å². The number of imide groups is 1. The number of rotatable bonds is 8. The summed E-state index contributed by atoms with van der Waals surface area (Å²) < 4.78 is 28.1. The second-order valence-corrected chi connectivity index (χ2v) is 11.4. The van der Waals surface area contributed by atoms with Crippen LogP contribution in [0.1, 0.15) is 17.5 Å². The van der Waals surface area contributed by atoms with Crippen molar-refractivity contribution in [2.45, 2.75) is 36.4 Å². The summed E-state index contributed by atoms with van der Waals surface area (Å²) in [6.07, 6.45) is 0.112. The molecular weight excluding hydrogens is 530 g/mol. The average molecular weight is 554 g/mol. The normalized spacial score (nSPS) is 17.8. The van der Waals surface area contributed by atoms with Crippen LogP contribution in [0.5, 0.6) is 0 Å². The number of sulfonamides is 1. The molecule has 3 aromatic rings. The fraction of sp³-hybridized carbons (Fsp3) is 0.222. The van der Waals surface area contributed by atoms with E-state index in [-0.39, 0.29) is 17.9 Å². The van der Waals surface area contributed by atoms with E-state index in [4.69, 9.17) is 11.6 Å². The summed E-state index contributed by atoms with van der Waals surface area (Å²) in [5.74, 6) is -1.81. The fourth-order valence-corrected chi connectivity index (χ4v) is 6.14. The molecule has 0 aromatic heterocycles. The van der Waals surface area contributed by atoms with E-state index in [0.717, 1.165) is 27.2 Å². The van der Waals surface area contributed by atoms with Gasteiger partial charge in [-0.05, 0) is 52.9 Å². The Balaban J connectivity index is 1.26. The molecule has 2 heterocycles. The Kier molecular flexibility index (Phi) is 6.95. The minimum Gasteiger partial charge on any atom is -0.480 e. The van der Waals surface area contributed by atoms with Crippen LogP contribution in [0.4, 0.5) is 4.79 Å². The molecule has 196 valence electrons. The number of carbonyl (C=O) groups is 3. The number of nitrogens with one attached hydrogen (secondary N) is 1. The minimum atomic E-state index is -4.19. The number of hydrogen-bond acceptors (Lipinski definition) is 5. The van der Waals surface area contributed by atoms with E-state index in [9.17, 15) is 27.9 Å². The topological polar surface area (TPSA) is 124 Å². The van der Waals surface area contributed by atoms with Crippen LogP contribution in [0.25, 0.3) is 11.1 Å². The van der Waals surface area contributed by atoms with Crippen LogP contribution in [0.2, 0.25) is 5.02 Å².